The molecule has 1 aromatic rings. The molecule has 1 atom stereocenters. The molecule has 18 heavy (non-hydrogen) atoms. The van der Waals surface area contributed by atoms with Gasteiger partial charge in [-0.25, -0.2) is 17.7 Å². The molecule has 1 aromatic heterocycles. The predicted molar refractivity (Wildman–Crippen MR) is 68.0 cm³/mol. The van der Waals surface area contributed by atoms with Crippen LogP contribution in [0.4, 0.5) is 5.82 Å². The molecule has 6 nitrogen and oxygen atoms in total. The van der Waals surface area contributed by atoms with Gasteiger partial charge in [-0.1, -0.05) is 0 Å². The molecular formula is C11H17N3O3S. The van der Waals surface area contributed by atoms with Crippen molar-refractivity contribution in [3.63, 3.8) is 0 Å². The third-order valence-corrected chi connectivity index (χ3v) is 4.60. The molecule has 0 bridgehead atoms. The number of aromatic nitrogens is 1. The highest BCUT2D eigenvalue weighted by molar-refractivity contribution is 7.89. The van der Waals surface area contributed by atoms with E-state index < -0.39 is 10.0 Å². The van der Waals surface area contributed by atoms with Crippen molar-refractivity contribution in [1.29, 1.82) is 0 Å². The Morgan fingerprint density at radius 3 is 2.72 bits per heavy atom. The van der Waals surface area contributed by atoms with Crippen molar-refractivity contribution in [3.05, 3.63) is 18.3 Å². The molecule has 1 aliphatic heterocycles. The summed E-state index contributed by atoms with van der Waals surface area (Å²) >= 11 is 0. The van der Waals surface area contributed by atoms with Gasteiger partial charge in [0.25, 0.3) is 0 Å². The van der Waals surface area contributed by atoms with E-state index in [0.717, 1.165) is 13.0 Å². The van der Waals surface area contributed by atoms with Crippen LogP contribution in [-0.4, -0.2) is 51.1 Å². The molecule has 0 radical (unpaired) electrons. The number of ether oxygens (including phenoxy) is 1. The lowest BCUT2D eigenvalue weighted by Gasteiger charge is -2.13. The minimum atomic E-state index is -3.40. The normalized spacial score (nSPS) is 20.3. The molecule has 0 saturated carbocycles. The Balaban J connectivity index is 2.10. The number of pyridine rings is 1. The Labute approximate surface area is 107 Å². The average molecular weight is 271 g/mol. The first-order chi connectivity index (χ1) is 8.50. The highest BCUT2D eigenvalue weighted by atomic mass is 32.2. The smallest absolute Gasteiger partial charge is 0.244 e. The maximum absolute atomic E-state index is 11.8. The zero-order valence-electron chi connectivity index (χ0n) is 10.5. The van der Waals surface area contributed by atoms with E-state index in [4.69, 9.17) is 4.74 Å². The second kappa shape index (κ2) is 5.21. The van der Waals surface area contributed by atoms with Gasteiger partial charge in [0.2, 0.25) is 10.0 Å². The van der Waals surface area contributed by atoms with Gasteiger partial charge in [0.15, 0.2) is 0 Å². The van der Waals surface area contributed by atoms with Gasteiger partial charge in [-0.3, -0.25) is 0 Å². The van der Waals surface area contributed by atoms with Gasteiger partial charge in [0.05, 0.1) is 12.6 Å². The van der Waals surface area contributed by atoms with Crippen LogP contribution in [0.5, 0.6) is 0 Å². The summed E-state index contributed by atoms with van der Waals surface area (Å²) in [7, 11) is -0.408. The van der Waals surface area contributed by atoms with Crippen LogP contribution in [0.2, 0.25) is 0 Å². The number of hydrogen-bond donors (Lipinski definition) is 1. The summed E-state index contributed by atoms with van der Waals surface area (Å²) in [6, 6.07) is 3.49. The summed E-state index contributed by atoms with van der Waals surface area (Å²) in [5.74, 6) is 0.670. The monoisotopic (exact) mass is 271 g/mol. The second-order valence-electron chi connectivity index (χ2n) is 4.37. The Hall–Kier alpha value is -1.18. The van der Waals surface area contributed by atoms with Crippen LogP contribution in [0.1, 0.15) is 6.42 Å². The molecule has 1 fully saturated rings. The molecule has 0 aromatic carbocycles. The van der Waals surface area contributed by atoms with E-state index in [1.165, 1.54) is 24.6 Å². The van der Waals surface area contributed by atoms with Gasteiger partial charge in [-0.15, -0.1) is 0 Å². The lowest BCUT2D eigenvalue weighted by Crippen LogP contribution is -2.23. The molecule has 100 valence electrons. The van der Waals surface area contributed by atoms with Crippen molar-refractivity contribution in [2.24, 2.45) is 0 Å². The highest BCUT2D eigenvalue weighted by Crippen LogP contribution is 2.16. The van der Waals surface area contributed by atoms with Gasteiger partial charge in [-0.05, 0) is 18.6 Å². The molecule has 1 aliphatic rings. The fourth-order valence-electron chi connectivity index (χ4n) is 1.69. The molecule has 1 unspecified atom stereocenters. The van der Waals surface area contributed by atoms with Crippen LogP contribution in [0.3, 0.4) is 0 Å². The standard InChI is InChI=1S/C11H17N3O3S/c1-14(2)18(15,16)10-3-4-11(12-7-10)13-9-5-6-17-8-9/h3-4,7,9H,5-6,8H2,1-2H3,(H,12,13). The summed E-state index contributed by atoms with van der Waals surface area (Å²) in [6.07, 6.45) is 2.31. The third-order valence-electron chi connectivity index (χ3n) is 2.80. The van der Waals surface area contributed by atoms with Crippen LogP contribution in [0.15, 0.2) is 23.2 Å². The zero-order valence-corrected chi connectivity index (χ0v) is 11.3. The number of sulfonamides is 1. The van der Waals surface area contributed by atoms with Gasteiger partial charge in [0.1, 0.15) is 10.7 Å². The lowest BCUT2D eigenvalue weighted by molar-refractivity contribution is 0.195. The van der Waals surface area contributed by atoms with Crippen LogP contribution >= 0.6 is 0 Å². The van der Waals surface area contributed by atoms with E-state index in [2.05, 4.69) is 10.3 Å². The minimum absolute atomic E-state index is 0.195. The SMILES string of the molecule is CN(C)S(=O)(=O)c1ccc(NC2CCOC2)nc1. The number of hydrogen-bond acceptors (Lipinski definition) is 5. The van der Waals surface area contributed by atoms with Crippen molar-refractivity contribution in [3.8, 4) is 0 Å². The molecule has 7 heteroatoms. The first kappa shape index (κ1) is 13.3. The first-order valence-electron chi connectivity index (χ1n) is 5.73. The summed E-state index contributed by atoms with van der Waals surface area (Å²) in [6.45, 7) is 1.42. The van der Waals surface area contributed by atoms with Gasteiger partial charge < -0.3 is 10.1 Å². The Morgan fingerprint density at radius 2 is 2.22 bits per heavy atom. The predicted octanol–water partition coefficient (Wildman–Crippen LogP) is 0.533. The Kier molecular flexibility index (Phi) is 3.84. The van der Waals surface area contributed by atoms with E-state index >= 15 is 0 Å². The second-order valence-corrected chi connectivity index (χ2v) is 6.52. The number of nitrogens with zero attached hydrogens (tertiary/aromatic N) is 2. The van der Waals surface area contributed by atoms with Gasteiger partial charge in [0, 0.05) is 26.9 Å². The topological polar surface area (TPSA) is 71.5 Å². The molecule has 2 rings (SSSR count). The molecule has 0 aliphatic carbocycles. The fraction of sp³-hybridized carbons (Fsp3) is 0.545. The van der Waals surface area contributed by atoms with Crippen molar-refractivity contribution in [2.45, 2.75) is 17.4 Å². The summed E-state index contributed by atoms with van der Waals surface area (Å²) in [5, 5.41) is 3.20. The highest BCUT2D eigenvalue weighted by Gasteiger charge is 2.19. The minimum Gasteiger partial charge on any atom is -0.379 e. The summed E-state index contributed by atoms with van der Waals surface area (Å²) in [4.78, 5) is 4.31. The molecule has 1 N–H and O–H groups in total. The van der Waals surface area contributed by atoms with Gasteiger partial charge >= 0.3 is 0 Å². The maximum Gasteiger partial charge on any atom is 0.244 e. The number of rotatable bonds is 4. The van der Waals surface area contributed by atoms with E-state index in [1.54, 1.807) is 12.1 Å². The van der Waals surface area contributed by atoms with Crippen molar-refractivity contribution >= 4 is 15.8 Å². The summed E-state index contributed by atoms with van der Waals surface area (Å²) in [5.41, 5.74) is 0. The molecular weight excluding hydrogens is 254 g/mol. The summed E-state index contributed by atoms with van der Waals surface area (Å²) < 4.78 is 30.1. The molecule has 2 heterocycles. The third kappa shape index (κ3) is 2.80. The van der Waals surface area contributed by atoms with Crippen LogP contribution in [-0.2, 0) is 14.8 Å². The molecule has 1 saturated heterocycles. The average Bonchev–Trinajstić information content (AvgIpc) is 2.82. The van der Waals surface area contributed by atoms with Crippen molar-refractivity contribution < 1.29 is 13.2 Å². The Morgan fingerprint density at radius 1 is 1.44 bits per heavy atom. The van der Waals surface area contributed by atoms with E-state index in [1.807, 2.05) is 0 Å². The lowest BCUT2D eigenvalue weighted by atomic mass is 10.2. The number of anilines is 1. The zero-order chi connectivity index (χ0) is 13.2. The quantitative estimate of drug-likeness (QED) is 0.865. The van der Waals surface area contributed by atoms with E-state index in [0.29, 0.717) is 12.4 Å². The molecule has 0 spiro atoms. The van der Waals surface area contributed by atoms with Crippen LogP contribution < -0.4 is 5.32 Å². The fourth-order valence-corrected chi connectivity index (χ4v) is 2.53. The first-order valence-corrected chi connectivity index (χ1v) is 7.17. The largest absolute Gasteiger partial charge is 0.379 e. The van der Waals surface area contributed by atoms with E-state index in [-0.39, 0.29) is 10.9 Å². The van der Waals surface area contributed by atoms with Crippen LogP contribution in [0, 0.1) is 0 Å². The number of nitrogens with one attached hydrogen (secondary N) is 1. The maximum atomic E-state index is 11.8. The Bertz CT molecular complexity index is 493. The van der Waals surface area contributed by atoms with Crippen molar-refractivity contribution in [1.82, 2.24) is 9.29 Å². The van der Waals surface area contributed by atoms with Crippen molar-refractivity contribution in [2.75, 3.05) is 32.6 Å². The van der Waals surface area contributed by atoms with E-state index in [9.17, 15) is 8.42 Å². The van der Waals surface area contributed by atoms with Gasteiger partial charge in [-0.2, -0.15) is 0 Å². The molecule has 0 amide bonds. The van der Waals surface area contributed by atoms with Crippen LogP contribution in [0.25, 0.3) is 0 Å².